The normalized spacial score (nSPS) is 11.1. The minimum absolute atomic E-state index is 0.00220. The smallest absolute Gasteiger partial charge is 0.355 e. The lowest BCUT2D eigenvalue weighted by molar-refractivity contribution is 0.0685. The summed E-state index contributed by atoms with van der Waals surface area (Å²) in [7, 11) is 0. The summed E-state index contributed by atoms with van der Waals surface area (Å²) in [5, 5.41) is 20.0. The molecule has 0 aliphatic rings. The van der Waals surface area contributed by atoms with E-state index in [1.165, 1.54) is 0 Å². The van der Waals surface area contributed by atoms with Crippen molar-refractivity contribution in [3.63, 3.8) is 0 Å². The van der Waals surface area contributed by atoms with Crippen LogP contribution in [0.15, 0.2) is 51.4 Å². The van der Waals surface area contributed by atoms with Crippen LogP contribution >= 0.6 is 27.5 Å². The van der Waals surface area contributed by atoms with Crippen LogP contribution in [0.2, 0.25) is 5.15 Å². The molecule has 0 bridgehead atoms. The third-order valence-electron chi connectivity index (χ3n) is 5.26. The molecular formula is C24H19BrClN3O3. The molecule has 0 fully saturated rings. The van der Waals surface area contributed by atoms with Gasteiger partial charge in [-0.3, -0.25) is 0 Å². The maximum absolute atomic E-state index is 11.8. The van der Waals surface area contributed by atoms with Gasteiger partial charge >= 0.3 is 5.97 Å². The molecule has 32 heavy (non-hydrogen) atoms. The average Bonchev–Trinajstić information content (AvgIpc) is 3.31. The number of aromatic nitrogens is 2. The number of nitrogens with zero attached hydrogens (tertiary/aromatic N) is 3. The van der Waals surface area contributed by atoms with E-state index < -0.39 is 5.97 Å². The summed E-state index contributed by atoms with van der Waals surface area (Å²) in [5.41, 5.74) is 2.78. The number of aromatic carboxylic acids is 1. The molecule has 162 valence electrons. The number of aryl methyl sites for hydroxylation is 1. The fourth-order valence-corrected chi connectivity index (χ4v) is 4.57. The van der Waals surface area contributed by atoms with Crippen molar-refractivity contribution < 1.29 is 14.3 Å². The number of furan rings is 1. The van der Waals surface area contributed by atoms with E-state index in [2.05, 4.69) is 33.9 Å². The van der Waals surface area contributed by atoms with Gasteiger partial charge in [0.25, 0.3) is 0 Å². The molecule has 0 saturated carbocycles. The van der Waals surface area contributed by atoms with Crippen LogP contribution in [0.3, 0.4) is 0 Å². The van der Waals surface area contributed by atoms with Crippen molar-refractivity contribution in [2.24, 2.45) is 0 Å². The first-order valence-corrected chi connectivity index (χ1v) is 11.3. The molecule has 0 radical (unpaired) electrons. The molecule has 0 unspecified atom stereocenters. The Labute approximate surface area is 198 Å². The molecule has 2 aromatic heterocycles. The Kier molecular flexibility index (Phi) is 6.35. The fraction of sp³-hybridized carbons (Fsp3) is 0.208. The van der Waals surface area contributed by atoms with Crippen molar-refractivity contribution >= 4 is 44.5 Å². The molecule has 4 rings (SSSR count). The molecular weight excluding hydrogens is 494 g/mol. The summed E-state index contributed by atoms with van der Waals surface area (Å²) < 4.78 is 8.45. The van der Waals surface area contributed by atoms with E-state index in [0.717, 1.165) is 28.3 Å². The van der Waals surface area contributed by atoms with E-state index in [-0.39, 0.29) is 10.8 Å². The highest BCUT2D eigenvalue weighted by molar-refractivity contribution is 9.10. The number of carboxylic acids is 1. The average molecular weight is 513 g/mol. The van der Waals surface area contributed by atoms with Gasteiger partial charge in [-0.2, -0.15) is 5.26 Å². The van der Waals surface area contributed by atoms with Gasteiger partial charge in [-0.05, 0) is 58.2 Å². The van der Waals surface area contributed by atoms with Gasteiger partial charge in [-0.15, -0.1) is 0 Å². The van der Waals surface area contributed by atoms with Gasteiger partial charge < -0.3 is 14.1 Å². The number of fused-ring (bicyclic) bond motifs is 1. The van der Waals surface area contributed by atoms with Crippen LogP contribution in [0.1, 0.15) is 47.2 Å². The predicted molar refractivity (Wildman–Crippen MR) is 126 cm³/mol. The number of carbonyl (C=O) groups is 1. The van der Waals surface area contributed by atoms with Gasteiger partial charge in [-0.1, -0.05) is 37.1 Å². The van der Waals surface area contributed by atoms with Crippen molar-refractivity contribution in [1.82, 2.24) is 9.55 Å². The lowest BCUT2D eigenvalue weighted by Crippen LogP contribution is -2.13. The number of benzene rings is 2. The van der Waals surface area contributed by atoms with Crippen LogP contribution in [-0.2, 0) is 13.0 Å². The maximum atomic E-state index is 11.8. The van der Waals surface area contributed by atoms with Gasteiger partial charge in [0.05, 0.1) is 11.6 Å². The van der Waals surface area contributed by atoms with Crippen LogP contribution in [0.25, 0.3) is 22.3 Å². The Morgan fingerprint density at radius 1 is 1.31 bits per heavy atom. The summed E-state index contributed by atoms with van der Waals surface area (Å²) in [4.78, 5) is 16.1. The largest absolute Gasteiger partial charge is 0.476 e. The Hall–Kier alpha value is -3.08. The van der Waals surface area contributed by atoms with Crippen molar-refractivity contribution in [3.05, 3.63) is 74.7 Å². The first-order chi connectivity index (χ1) is 15.4. The highest BCUT2D eigenvalue weighted by atomic mass is 79.9. The maximum Gasteiger partial charge on any atom is 0.355 e. The number of rotatable bonds is 7. The van der Waals surface area contributed by atoms with Crippen molar-refractivity contribution in [2.45, 2.75) is 32.7 Å². The fourth-order valence-electron chi connectivity index (χ4n) is 3.73. The Morgan fingerprint density at radius 3 is 2.84 bits per heavy atom. The van der Waals surface area contributed by atoms with Gasteiger partial charge in [0, 0.05) is 28.4 Å². The molecule has 0 saturated heterocycles. The third-order valence-corrected chi connectivity index (χ3v) is 6.19. The molecule has 6 nitrogen and oxygen atoms in total. The molecule has 4 aromatic rings. The zero-order chi connectivity index (χ0) is 22.8. The zero-order valence-electron chi connectivity index (χ0n) is 17.2. The summed E-state index contributed by atoms with van der Waals surface area (Å²) in [5.74, 6) is 0.144. The second kappa shape index (κ2) is 9.19. The summed E-state index contributed by atoms with van der Waals surface area (Å²) >= 11 is 9.64. The van der Waals surface area contributed by atoms with E-state index in [4.69, 9.17) is 16.0 Å². The molecule has 0 spiro atoms. The van der Waals surface area contributed by atoms with E-state index in [0.29, 0.717) is 41.3 Å². The second-order valence-electron chi connectivity index (χ2n) is 7.42. The first kappa shape index (κ1) is 22.1. The lowest BCUT2D eigenvalue weighted by Gasteiger charge is -2.10. The molecule has 0 aliphatic carbocycles. The SMILES string of the molecule is CCCCc1nc(Cl)c(C(=O)O)n1Cc1ccc2oc(-c3c(Br)cccc3C#N)cc2c1. The molecule has 1 N–H and O–H groups in total. The van der Waals surface area contributed by atoms with Crippen molar-refractivity contribution in [3.8, 4) is 17.4 Å². The minimum atomic E-state index is -1.10. The van der Waals surface area contributed by atoms with Crippen LogP contribution < -0.4 is 0 Å². The third kappa shape index (κ3) is 4.16. The van der Waals surface area contributed by atoms with E-state index in [9.17, 15) is 15.2 Å². The van der Waals surface area contributed by atoms with Gasteiger partial charge in [0.2, 0.25) is 0 Å². The Balaban J connectivity index is 1.74. The summed E-state index contributed by atoms with van der Waals surface area (Å²) in [6.45, 7) is 2.40. The number of nitriles is 1. The molecule has 0 atom stereocenters. The van der Waals surface area contributed by atoms with Crippen LogP contribution in [0.5, 0.6) is 0 Å². The molecule has 0 amide bonds. The number of imidazole rings is 1. The number of unbranched alkanes of at least 4 members (excludes halogenated alkanes) is 1. The Morgan fingerprint density at radius 2 is 2.12 bits per heavy atom. The van der Waals surface area contributed by atoms with Crippen molar-refractivity contribution in [1.29, 1.82) is 5.26 Å². The van der Waals surface area contributed by atoms with Gasteiger partial charge in [0.1, 0.15) is 17.2 Å². The highest BCUT2D eigenvalue weighted by Gasteiger charge is 2.22. The number of halogens is 2. The van der Waals surface area contributed by atoms with Gasteiger partial charge in [0.15, 0.2) is 10.8 Å². The minimum Gasteiger partial charge on any atom is -0.476 e. The molecule has 0 aliphatic heterocycles. The van der Waals surface area contributed by atoms with Crippen LogP contribution in [0, 0.1) is 11.3 Å². The summed E-state index contributed by atoms with van der Waals surface area (Å²) in [6, 6.07) is 15.2. The second-order valence-corrected chi connectivity index (χ2v) is 8.63. The monoisotopic (exact) mass is 511 g/mol. The highest BCUT2D eigenvalue weighted by Crippen LogP contribution is 2.35. The van der Waals surface area contributed by atoms with E-state index in [1.807, 2.05) is 30.3 Å². The number of carboxylic acid groups (broad SMARTS) is 1. The summed E-state index contributed by atoms with van der Waals surface area (Å²) in [6.07, 6.45) is 2.51. The topological polar surface area (TPSA) is 92.0 Å². The molecule has 8 heteroatoms. The molecule has 2 heterocycles. The Bertz CT molecular complexity index is 1370. The lowest BCUT2D eigenvalue weighted by atomic mass is 10.1. The van der Waals surface area contributed by atoms with E-state index >= 15 is 0 Å². The molecule has 2 aromatic carbocycles. The van der Waals surface area contributed by atoms with Crippen LogP contribution in [0.4, 0.5) is 0 Å². The van der Waals surface area contributed by atoms with E-state index in [1.54, 1.807) is 16.7 Å². The number of hydrogen-bond donors (Lipinski definition) is 1. The van der Waals surface area contributed by atoms with Gasteiger partial charge in [-0.25, -0.2) is 9.78 Å². The van der Waals surface area contributed by atoms with Crippen LogP contribution in [-0.4, -0.2) is 20.6 Å². The first-order valence-electron chi connectivity index (χ1n) is 10.1. The standard InChI is InChI=1S/C24H19BrClN3O3/c1-2-3-7-20-28-23(26)22(24(30)31)29(20)13-14-8-9-18-16(10-14)11-19(32-18)21-15(12-27)5-4-6-17(21)25/h4-6,8-11H,2-3,7,13H2,1H3,(H,30,31). The quantitative estimate of drug-likeness (QED) is 0.298. The number of hydrogen-bond acceptors (Lipinski definition) is 4. The van der Waals surface area contributed by atoms with Crippen molar-refractivity contribution in [2.75, 3.05) is 0 Å². The predicted octanol–water partition coefficient (Wildman–Crippen LogP) is 6.67. The zero-order valence-corrected chi connectivity index (χ0v) is 19.6.